The summed E-state index contributed by atoms with van der Waals surface area (Å²) in [6, 6.07) is 20.0. The van der Waals surface area contributed by atoms with Gasteiger partial charge in [0.1, 0.15) is 55.5 Å². The number of aliphatic hydroxyl groups is 8. The van der Waals surface area contributed by atoms with Gasteiger partial charge in [0.2, 0.25) is 12.2 Å². The van der Waals surface area contributed by atoms with Gasteiger partial charge in [0.25, 0.3) is 0 Å². The van der Waals surface area contributed by atoms with E-state index in [1.165, 1.54) is 24.3 Å². The maximum atomic E-state index is 15.5. The second-order valence-corrected chi connectivity index (χ2v) is 24.7. The number of hydrogen-bond donors (Lipinski definition) is 15. The fourth-order valence-corrected chi connectivity index (χ4v) is 14.0. The first kappa shape index (κ1) is 63.9. The molecule has 8 bridgehead atoms. The monoisotopic (exact) mass is 1250 g/mol. The Labute approximate surface area is 524 Å². The molecule has 0 unspecified atom stereocenters. The molecule has 7 aliphatic heterocycles. The average molecular weight is 1260 g/mol. The van der Waals surface area contributed by atoms with E-state index in [9.17, 15) is 50.4 Å². The lowest BCUT2D eigenvalue weighted by molar-refractivity contribution is -0.310. The quantitative estimate of drug-likeness (QED) is 0.0339. The third-order valence-electron chi connectivity index (χ3n) is 18.7. The van der Waals surface area contributed by atoms with Gasteiger partial charge in [-0.1, -0.05) is 66.4 Å². The Bertz CT molecular complexity index is 3540. The van der Waals surface area contributed by atoms with Crippen molar-refractivity contribution in [3.63, 3.8) is 0 Å². The molecule has 7 heterocycles. The van der Waals surface area contributed by atoms with Gasteiger partial charge < -0.3 is 90.3 Å². The molecule has 0 spiro atoms. The molecule has 0 radical (unpaired) electrons. The Hall–Kier alpha value is -7.20. The van der Waals surface area contributed by atoms with Crippen LogP contribution in [0, 0.1) is 29.6 Å². The highest BCUT2D eigenvalue weighted by Gasteiger charge is 2.58. The summed E-state index contributed by atoms with van der Waals surface area (Å²) in [7, 11) is 0. The molecule has 16 N–H and O–H groups in total. The lowest BCUT2D eigenvalue weighted by atomic mass is 9.74. The Balaban J connectivity index is 1.11. The fraction of sp³-hybridized carbons (Fsp3) is 0.485. The van der Waals surface area contributed by atoms with Crippen molar-refractivity contribution in [2.75, 3.05) is 57.7 Å². The molecule has 91 heavy (non-hydrogen) atoms. The van der Waals surface area contributed by atoms with Crippen molar-refractivity contribution in [1.82, 2.24) is 32.1 Å². The number of rotatable bonds is 15. The van der Waals surface area contributed by atoms with Gasteiger partial charge in [-0.05, 0) is 96.7 Å². The number of hydrogen-bond acceptors (Lipinski definition) is 24. The summed E-state index contributed by atoms with van der Waals surface area (Å²) in [5.41, 5.74) is 12.9. The van der Waals surface area contributed by atoms with Gasteiger partial charge in [-0.25, -0.2) is 5.43 Å². The number of para-hydroxylation sites is 1. The molecule has 1 aliphatic carbocycles. The molecule has 0 aromatic heterocycles. The number of aldehydes is 1. The van der Waals surface area contributed by atoms with Crippen molar-refractivity contribution in [1.29, 1.82) is 0 Å². The molecular weight excluding hydrogens is 1180 g/mol. The smallest absolute Gasteiger partial charge is 0.242 e. The van der Waals surface area contributed by atoms with Crippen molar-refractivity contribution in [2.24, 2.45) is 23.5 Å². The molecule has 3 saturated heterocycles. The van der Waals surface area contributed by atoms with Crippen molar-refractivity contribution in [2.45, 2.75) is 131 Å². The molecular formula is C66H78N8O17. The zero-order valence-electron chi connectivity index (χ0n) is 50.1. The number of ketones is 2. The molecule has 4 aromatic carbocycles. The normalized spacial score (nSPS) is 31.8. The van der Waals surface area contributed by atoms with Crippen molar-refractivity contribution in [3.8, 4) is 23.3 Å². The van der Waals surface area contributed by atoms with Crippen LogP contribution in [0.5, 0.6) is 11.5 Å². The maximum absolute atomic E-state index is 15.5. The second kappa shape index (κ2) is 27.2. The highest BCUT2D eigenvalue weighted by Crippen LogP contribution is 2.53. The lowest BCUT2D eigenvalue weighted by Crippen LogP contribution is -2.70. The third-order valence-corrected chi connectivity index (χ3v) is 18.7. The van der Waals surface area contributed by atoms with Gasteiger partial charge in [-0.15, -0.1) is 0 Å². The first-order valence-electron chi connectivity index (χ1n) is 31.0. The molecule has 8 aliphatic rings. The summed E-state index contributed by atoms with van der Waals surface area (Å²) in [6.07, 6.45) is -9.65. The largest absolute Gasteiger partial charge is 0.486 e. The predicted molar refractivity (Wildman–Crippen MR) is 325 cm³/mol. The van der Waals surface area contributed by atoms with Crippen LogP contribution in [-0.4, -0.2) is 191 Å². The highest BCUT2D eigenvalue weighted by atomic mass is 16.7. The van der Waals surface area contributed by atoms with E-state index in [-0.39, 0.29) is 104 Å². The van der Waals surface area contributed by atoms with Crippen LogP contribution in [0.3, 0.4) is 0 Å². The average Bonchev–Trinajstić information content (AvgIpc) is 1.25. The van der Waals surface area contributed by atoms with Crippen LogP contribution in [-0.2, 0) is 36.8 Å². The van der Waals surface area contributed by atoms with E-state index in [4.69, 9.17) is 29.4 Å². The van der Waals surface area contributed by atoms with Gasteiger partial charge in [0.15, 0.2) is 28.7 Å². The molecule has 484 valence electrons. The van der Waals surface area contributed by atoms with Crippen LogP contribution in [0.4, 0.5) is 5.69 Å². The molecule has 0 saturated carbocycles. The number of anilines is 1. The van der Waals surface area contributed by atoms with Gasteiger partial charge in [-0.3, -0.25) is 30.8 Å². The van der Waals surface area contributed by atoms with Gasteiger partial charge >= 0.3 is 0 Å². The molecule has 25 heteroatoms. The number of allylic oxidation sites excluding steroid dienone is 1. The number of nitrogens with two attached hydrogens (primary N) is 1. The molecule has 3 fully saturated rings. The third kappa shape index (κ3) is 12.6. The van der Waals surface area contributed by atoms with Gasteiger partial charge in [-0.2, -0.15) is 0 Å². The van der Waals surface area contributed by atoms with Crippen LogP contribution in [0.25, 0.3) is 0 Å². The van der Waals surface area contributed by atoms with Crippen LogP contribution in [0.2, 0.25) is 0 Å². The first-order valence-corrected chi connectivity index (χ1v) is 31.0. The molecule has 17 atom stereocenters. The van der Waals surface area contributed by atoms with E-state index in [1.807, 2.05) is 59.5 Å². The van der Waals surface area contributed by atoms with E-state index in [0.717, 1.165) is 0 Å². The van der Waals surface area contributed by atoms with E-state index in [0.29, 0.717) is 45.6 Å². The van der Waals surface area contributed by atoms with Gasteiger partial charge in [0, 0.05) is 71.8 Å². The summed E-state index contributed by atoms with van der Waals surface area (Å²) in [5.74, 6) is -0.183. The van der Waals surface area contributed by atoms with E-state index in [1.54, 1.807) is 13.0 Å². The topological polar surface area (TPSA) is 378 Å². The van der Waals surface area contributed by atoms with Crippen molar-refractivity contribution in [3.05, 3.63) is 146 Å². The van der Waals surface area contributed by atoms with E-state index >= 15 is 9.59 Å². The standard InChI is InChI=1S/C66H78N8O17/c1-33(78)26-70-73-51-24-37(14-18-68-51)47-30-89-60-61(84)66(86)17-13-38(22-34-5-4-6-36(21-34)41(16-20-76)55(47)81)49(80)12-10-39-28-87-31-50(66)90-64(60)91-58-46(52(39)43-7-2-3-8-48(43)74-32-69-54-62(74)71-65(67)72-63(54)85)25-45-53(59(58)88-29-40(79)15-19-75)57(83)44-23-35(27-77)9-11-42(44)56(45)82/h2-9,11,14,19,21,23-25,33,38-41,47,49-50,52,54-55,60-62,64-65,68-71,73,76-81,84,86H,10,12,15-16,18,20,22,26-32,67H2,1H3,(H,72,85)/t33-,38+,39+,40+,41+,47-,49+,50-,52-,54+,55+,60-,61-,62-,64+,65-,66-/m0/s1. The Morgan fingerprint density at radius 1 is 0.956 bits per heavy atom. The van der Waals surface area contributed by atoms with Crippen LogP contribution < -0.4 is 52.2 Å². The number of nitrogens with one attached hydrogen (secondary N) is 6. The van der Waals surface area contributed by atoms with E-state index in [2.05, 4.69) is 44.0 Å². The maximum Gasteiger partial charge on any atom is 0.242 e. The van der Waals surface area contributed by atoms with E-state index < -0.39 is 147 Å². The first-order chi connectivity index (χ1) is 44.0. The SMILES string of the molecule is C[C@H](O)CNNC1=CC([C@@H]2CO[C@@H]3[C@H]4Oc5c(cc6c(c5OC[C@H](O)CC=O)C(=O)c5cc(CO)ccc5C6=O)[C@H](c5ccccc5N5CN[C@H]6C(=O)N[C@@H](N)N[C@H]65)[C@@H]5CC[C@@H](O)[C@H](C#C[C@](O)([C@H](COC5)O4)[C@H]3O)Cc3cccc(c3)[C@@H](CCO)[C@H]2O)=CCN1. The van der Waals surface area contributed by atoms with Crippen LogP contribution in [0.15, 0.2) is 96.3 Å². The number of carbonyl (C=O) groups excluding carboxylic acids is 4. The molecule has 1 amide bonds. The Morgan fingerprint density at radius 3 is 2.59 bits per heavy atom. The minimum Gasteiger partial charge on any atom is -0.486 e. The number of ether oxygens (including phenoxy) is 5. The van der Waals surface area contributed by atoms with Crippen LogP contribution >= 0.6 is 0 Å². The second-order valence-electron chi connectivity index (χ2n) is 24.7. The summed E-state index contributed by atoms with van der Waals surface area (Å²) in [5, 5.41) is 108. The minimum absolute atomic E-state index is 0.0133. The van der Waals surface area contributed by atoms with Crippen LogP contribution in [0.1, 0.15) is 104 Å². The summed E-state index contributed by atoms with van der Waals surface area (Å²) >= 11 is 0. The predicted octanol–water partition coefficient (Wildman–Crippen LogP) is -1.01. The number of amides is 1. The summed E-state index contributed by atoms with van der Waals surface area (Å²) in [4.78, 5) is 58.5. The number of carbonyl (C=O) groups is 4. The minimum atomic E-state index is -2.57. The highest BCUT2D eigenvalue weighted by molar-refractivity contribution is 6.29. The lowest BCUT2D eigenvalue weighted by Gasteiger charge is -2.47. The van der Waals surface area contributed by atoms with Crippen molar-refractivity contribution >= 4 is 29.4 Å². The zero-order chi connectivity index (χ0) is 63.8. The van der Waals surface area contributed by atoms with Gasteiger partial charge in [0.05, 0.1) is 69.0 Å². The Kier molecular flexibility index (Phi) is 19.1. The number of hydrazine groups is 1. The number of fused-ring (bicyclic) bond motifs is 13. The molecule has 4 aromatic rings. The number of aliphatic hydroxyl groups excluding tert-OH is 7. The fourth-order valence-electron chi connectivity index (χ4n) is 14.0. The summed E-state index contributed by atoms with van der Waals surface area (Å²) < 4.78 is 34.6. The van der Waals surface area contributed by atoms with Crippen molar-refractivity contribution < 1.29 is 83.7 Å². The summed E-state index contributed by atoms with van der Waals surface area (Å²) in [6.45, 7) is -0.273. The number of benzene rings is 4. The zero-order valence-corrected chi connectivity index (χ0v) is 50.1. The molecule has 25 nitrogen and oxygen atoms in total. The number of dihydropyridines is 1. The number of nitrogens with zero attached hydrogens (tertiary/aromatic N) is 1. The Morgan fingerprint density at radius 2 is 1.79 bits per heavy atom. The molecule has 12 rings (SSSR count).